The molecule has 1 aromatic carbocycles. The Morgan fingerprint density at radius 3 is 2.62 bits per heavy atom. The number of hydrogen-bond acceptors (Lipinski definition) is 2. The Labute approximate surface area is 129 Å². The molecular formula is C19H30N2. The Kier molecular flexibility index (Phi) is 5.18. The quantitative estimate of drug-likeness (QED) is 0.856. The lowest BCUT2D eigenvalue weighted by molar-refractivity contribution is 0.300. The van der Waals surface area contributed by atoms with Crippen LogP contribution in [0.1, 0.15) is 51.0 Å². The Bertz CT molecular complexity index is 429. The molecule has 1 saturated heterocycles. The van der Waals surface area contributed by atoms with E-state index in [1.54, 1.807) is 0 Å². The van der Waals surface area contributed by atoms with E-state index in [9.17, 15) is 0 Å². The van der Waals surface area contributed by atoms with Crippen molar-refractivity contribution in [1.82, 2.24) is 4.90 Å². The van der Waals surface area contributed by atoms with Gasteiger partial charge in [0.15, 0.2) is 0 Å². The smallest absolute Gasteiger partial charge is 0.0343 e. The summed E-state index contributed by atoms with van der Waals surface area (Å²) in [5, 5.41) is 3.68. The monoisotopic (exact) mass is 286 g/mol. The van der Waals surface area contributed by atoms with Crippen LogP contribution in [-0.2, 0) is 6.54 Å². The first-order valence-corrected chi connectivity index (χ1v) is 8.85. The van der Waals surface area contributed by atoms with Crippen molar-refractivity contribution in [3.8, 4) is 0 Å². The Balaban J connectivity index is 1.48. The van der Waals surface area contributed by atoms with Crippen LogP contribution in [0, 0.1) is 11.8 Å². The number of likely N-dealkylation sites (tertiary alicyclic amines) is 1. The number of hydrogen-bond donors (Lipinski definition) is 1. The van der Waals surface area contributed by atoms with Crippen molar-refractivity contribution in [2.75, 3.05) is 25.0 Å². The van der Waals surface area contributed by atoms with Crippen LogP contribution < -0.4 is 5.32 Å². The fourth-order valence-corrected chi connectivity index (χ4v) is 3.77. The van der Waals surface area contributed by atoms with Crippen LogP contribution in [-0.4, -0.2) is 24.5 Å². The molecule has 2 aliphatic rings. The topological polar surface area (TPSA) is 15.3 Å². The summed E-state index contributed by atoms with van der Waals surface area (Å²) in [6, 6.07) is 9.05. The molecule has 1 N–H and O–H groups in total. The third-order valence-electron chi connectivity index (χ3n) is 5.26. The first-order chi connectivity index (χ1) is 10.3. The molecular weight excluding hydrogens is 256 g/mol. The fraction of sp³-hybridized carbons (Fsp3) is 0.684. The normalized spacial score (nSPS) is 26.9. The van der Waals surface area contributed by atoms with Gasteiger partial charge in [-0.2, -0.15) is 0 Å². The zero-order valence-electron chi connectivity index (χ0n) is 13.5. The molecule has 1 aromatic rings. The van der Waals surface area contributed by atoms with Crippen LogP contribution in [0.15, 0.2) is 24.3 Å². The molecule has 0 amide bonds. The van der Waals surface area contributed by atoms with E-state index < -0.39 is 0 Å². The number of nitrogens with zero attached hydrogens (tertiary/aromatic N) is 1. The third kappa shape index (κ3) is 4.47. The van der Waals surface area contributed by atoms with Gasteiger partial charge in [-0.15, -0.1) is 0 Å². The summed E-state index contributed by atoms with van der Waals surface area (Å²) in [6.45, 7) is 7.22. The molecule has 1 saturated carbocycles. The predicted molar refractivity (Wildman–Crippen MR) is 90.6 cm³/mol. The molecule has 0 atom stereocenters. The maximum absolute atomic E-state index is 3.68. The molecule has 2 heteroatoms. The highest BCUT2D eigenvalue weighted by molar-refractivity contribution is 5.45. The summed E-state index contributed by atoms with van der Waals surface area (Å²) in [5.74, 6) is 1.83. The van der Waals surface area contributed by atoms with Gasteiger partial charge in [0.25, 0.3) is 0 Å². The Hall–Kier alpha value is -1.02. The molecule has 2 nitrogen and oxygen atoms in total. The molecule has 0 bridgehead atoms. The number of nitrogens with one attached hydrogen (secondary N) is 1. The lowest BCUT2D eigenvalue weighted by Crippen LogP contribution is -2.20. The molecule has 0 spiro atoms. The molecule has 0 radical (unpaired) electrons. The number of benzene rings is 1. The zero-order valence-corrected chi connectivity index (χ0v) is 13.5. The van der Waals surface area contributed by atoms with Crippen molar-refractivity contribution < 1.29 is 0 Å². The molecule has 0 unspecified atom stereocenters. The third-order valence-corrected chi connectivity index (χ3v) is 5.26. The summed E-state index contributed by atoms with van der Waals surface area (Å²) >= 11 is 0. The lowest BCUT2D eigenvalue weighted by Gasteiger charge is -2.26. The van der Waals surface area contributed by atoms with Gasteiger partial charge in [0.1, 0.15) is 0 Å². The summed E-state index contributed by atoms with van der Waals surface area (Å²) in [6.07, 6.45) is 8.39. The average Bonchev–Trinajstić information content (AvgIpc) is 3.00. The summed E-state index contributed by atoms with van der Waals surface area (Å²) in [5.41, 5.74) is 2.77. The van der Waals surface area contributed by atoms with Gasteiger partial charge in [-0.25, -0.2) is 0 Å². The van der Waals surface area contributed by atoms with Crippen molar-refractivity contribution in [1.29, 1.82) is 0 Å². The van der Waals surface area contributed by atoms with Crippen LogP contribution in [0.2, 0.25) is 0 Å². The second-order valence-electron chi connectivity index (χ2n) is 7.19. The van der Waals surface area contributed by atoms with Crippen LogP contribution in [0.4, 0.5) is 5.69 Å². The lowest BCUT2D eigenvalue weighted by atomic mass is 9.83. The predicted octanol–water partition coefficient (Wildman–Crippen LogP) is 4.52. The van der Waals surface area contributed by atoms with Gasteiger partial charge in [-0.3, -0.25) is 4.90 Å². The first-order valence-electron chi connectivity index (χ1n) is 8.85. The van der Waals surface area contributed by atoms with Crippen molar-refractivity contribution in [2.45, 2.75) is 52.0 Å². The highest BCUT2D eigenvalue weighted by Gasteiger charge is 2.18. The van der Waals surface area contributed by atoms with Crippen molar-refractivity contribution >= 4 is 5.69 Å². The van der Waals surface area contributed by atoms with E-state index >= 15 is 0 Å². The minimum absolute atomic E-state index is 0.878. The standard InChI is InChI=1S/C19H30N2/c1-16-7-9-17(10-8-16)14-20-19-6-4-5-18(13-19)15-21-11-2-3-12-21/h4-6,13,16-17,20H,2-3,7-12,14-15H2,1H3. The maximum atomic E-state index is 3.68. The highest BCUT2D eigenvalue weighted by Crippen LogP contribution is 2.28. The number of rotatable bonds is 5. The average molecular weight is 286 g/mol. The van der Waals surface area contributed by atoms with E-state index in [4.69, 9.17) is 0 Å². The Morgan fingerprint density at radius 1 is 1.10 bits per heavy atom. The van der Waals surface area contributed by atoms with Crippen LogP contribution in [0.5, 0.6) is 0 Å². The summed E-state index contributed by atoms with van der Waals surface area (Å²) < 4.78 is 0. The van der Waals surface area contributed by atoms with Crippen molar-refractivity contribution in [3.63, 3.8) is 0 Å². The minimum Gasteiger partial charge on any atom is -0.385 e. The highest BCUT2D eigenvalue weighted by atomic mass is 15.1. The van der Waals surface area contributed by atoms with Gasteiger partial charge in [0.2, 0.25) is 0 Å². The summed E-state index contributed by atoms with van der Waals surface area (Å²) in [4.78, 5) is 2.57. The molecule has 1 aliphatic heterocycles. The van der Waals surface area contributed by atoms with Gasteiger partial charge >= 0.3 is 0 Å². The van der Waals surface area contributed by atoms with Crippen LogP contribution >= 0.6 is 0 Å². The first kappa shape index (κ1) is 14.9. The van der Waals surface area contributed by atoms with E-state index in [1.807, 2.05) is 0 Å². The SMILES string of the molecule is CC1CCC(CNc2cccc(CN3CCCC3)c2)CC1. The fourth-order valence-electron chi connectivity index (χ4n) is 3.77. The van der Waals surface area contributed by atoms with Gasteiger partial charge in [-0.05, 0) is 68.3 Å². The maximum Gasteiger partial charge on any atom is 0.0343 e. The molecule has 2 fully saturated rings. The molecule has 21 heavy (non-hydrogen) atoms. The number of anilines is 1. The van der Waals surface area contributed by atoms with Gasteiger partial charge < -0.3 is 5.32 Å². The molecule has 3 rings (SSSR count). The van der Waals surface area contributed by atoms with Crippen molar-refractivity contribution in [2.24, 2.45) is 11.8 Å². The van der Waals surface area contributed by atoms with E-state index in [-0.39, 0.29) is 0 Å². The Morgan fingerprint density at radius 2 is 1.86 bits per heavy atom. The van der Waals surface area contributed by atoms with E-state index in [0.717, 1.165) is 24.9 Å². The molecule has 116 valence electrons. The molecule has 0 aromatic heterocycles. The van der Waals surface area contributed by atoms with E-state index in [0.29, 0.717) is 0 Å². The van der Waals surface area contributed by atoms with Crippen molar-refractivity contribution in [3.05, 3.63) is 29.8 Å². The van der Waals surface area contributed by atoms with E-state index in [2.05, 4.69) is 41.4 Å². The van der Waals surface area contributed by atoms with E-state index in [1.165, 1.54) is 62.9 Å². The zero-order chi connectivity index (χ0) is 14.5. The van der Waals surface area contributed by atoms with Crippen LogP contribution in [0.3, 0.4) is 0 Å². The van der Waals surface area contributed by atoms with Gasteiger partial charge in [0, 0.05) is 18.8 Å². The molecule has 1 aliphatic carbocycles. The summed E-state index contributed by atoms with van der Waals surface area (Å²) in [7, 11) is 0. The van der Waals surface area contributed by atoms with Gasteiger partial charge in [-0.1, -0.05) is 31.9 Å². The minimum atomic E-state index is 0.878. The molecule has 1 heterocycles. The largest absolute Gasteiger partial charge is 0.385 e. The second-order valence-corrected chi connectivity index (χ2v) is 7.19. The second kappa shape index (κ2) is 7.31. The van der Waals surface area contributed by atoms with Crippen LogP contribution in [0.25, 0.3) is 0 Å². The van der Waals surface area contributed by atoms with Gasteiger partial charge in [0.05, 0.1) is 0 Å².